The van der Waals surface area contributed by atoms with Crippen molar-refractivity contribution in [2.45, 2.75) is 13.2 Å². The Balaban J connectivity index is 1.31. The Kier molecular flexibility index (Phi) is 9.67. The quantitative estimate of drug-likeness (QED) is 0.0992. The van der Waals surface area contributed by atoms with Gasteiger partial charge in [0.15, 0.2) is 0 Å². The Morgan fingerprint density at radius 3 is 2.73 bits per heavy atom. The molecule has 1 unspecified atom stereocenters. The Bertz CT molecular complexity index is 1800. The van der Waals surface area contributed by atoms with E-state index in [1.807, 2.05) is 30.3 Å². The highest BCUT2D eigenvalue weighted by Gasteiger charge is 2.17. The van der Waals surface area contributed by atoms with E-state index < -0.39 is 17.0 Å². The second kappa shape index (κ2) is 14.0. The SMILES string of the molecule is COC(=O)ON(CCS(C)=O)Cc1ccc(-c2ccc3ncnc(Nc4ccc(OCc5cccc(F)c5)c(N)c4)c3c2)o1. The summed E-state index contributed by atoms with van der Waals surface area (Å²) in [6.07, 6.45) is 2.17. The number of carbonyl (C=O) groups excluding carboxylic acids is 1. The average Bonchev–Trinajstić information content (AvgIpc) is 3.48. The van der Waals surface area contributed by atoms with E-state index in [1.54, 1.807) is 36.6 Å². The van der Waals surface area contributed by atoms with Gasteiger partial charge < -0.3 is 29.8 Å². The van der Waals surface area contributed by atoms with E-state index in [-0.39, 0.29) is 25.5 Å². The van der Waals surface area contributed by atoms with Gasteiger partial charge in [-0.1, -0.05) is 12.1 Å². The summed E-state index contributed by atoms with van der Waals surface area (Å²) in [5, 5.41) is 5.38. The monoisotopic (exact) mass is 619 g/mol. The molecule has 5 aromatic rings. The molecule has 13 heteroatoms. The first kappa shape index (κ1) is 30.4. The normalized spacial score (nSPS) is 11.8. The predicted octanol–water partition coefficient (Wildman–Crippen LogP) is 5.81. The highest BCUT2D eigenvalue weighted by molar-refractivity contribution is 7.84. The van der Waals surface area contributed by atoms with E-state index in [9.17, 15) is 13.4 Å². The number of benzene rings is 3. The molecule has 0 saturated heterocycles. The lowest BCUT2D eigenvalue weighted by Crippen LogP contribution is -2.30. The van der Waals surface area contributed by atoms with E-state index in [4.69, 9.17) is 19.7 Å². The lowest BCUT2D eigenvalue weighted by Gasteiger charge is -2.18. The van der Waals surface area contributed by atoms with E-state index in [1.165, 1.54) is 30.6 Å². The summed E-state index contributed by atoms with van der Waals surface area (Å²) in [6, 6.07) is 20.7. The number of anilines is 3. The van der Waals surface area contributed by atoms with Crippen LogP contribution >= 0.6 is 0 Å². The first-order valence-electron chi connectivity index (χ1n) is 13.5. The number of halogens is 1. The number of nitrogens with one attached hydrogen (secondary N) is 1. The van der Waals surface area contributed by atoms with Gasteiger partial charge in [-0.25, -0.2) is 19.2 Å². The molecule has 11 nitrogen and oxygen atoms in total. The zero-order valence-corrected chi connectivity index (χ0v) is 24.8. The molecule has 3 aromatic carbocycles. The van der Waals surface area contributed by atoms with Gasteiger partial charge in [-0.05, 0) is 66.2 Å². The summed E-state index contributed by atoms with van der Waals surface area (Å²) in [6.45, 7) is 0.554. The number of hydrogen-bond donors (Lipinski definition) is 2. The number of hydroxylamine groups is 2. The van der Waals surface area contributed by atoms with Gasteiger partial charge in [-0.2, -0.15) is 0 Å². The molecule has 0 amide bonds. The van der Waals surface area contributed by atoms with Crippen molar-refractivity contribution in [3.05, 3.63) is 96.3 Å². The number of aromatic nitrogens is 2. The van der Waals surface area contributed by atoms with Crippen LogP contribution in [0.4, 0.5) is 26.4 Å². The molecule has 44 heavy (non-hydrogen) atoms. The predicted molar refractivity (Wildman–Crippen MR) is 165 cm³/mol. The minimum atomic E-state index is -1.07. The first-order valence-corrected chi connectivity index (χ1v) is 15.2. The van der Waals surface area contributed by atoms with Gasteiger partial charge >= 0.3 is 6.16 Å². The minimum absolute atomic E-state index is 0.138. The molecule has 0 aliphatic carbocycles. The molecule has 228 valence electrons. The number of carbonyl (C=O) groups is 1. The molecular formula is C31H30FN5O6S. The van der Waals surface area contributed by atoms with E-state index >= 15 is 0 Å². The van der Waals surface area contributed by atoms with Gasteiger partial charge in [0, 0.05) is 46.0 Å². The fourth-order valence-corrected chi connectivity index (χ4v) is 4.77. The number of methoxy groups -OCH3 is 1. The molecule has 0 saturated carbocycles. The van der Waals surface area contributed by atoms with E-state index in [2.05, 4.69) is 20.0 Å². The van der Waals surface area contributed by atoms with Gasteiger partial charge in [0.25, 0.3) is 0 Å². The number of furan rings is 1. The maximum Gasteiger partial charge on any atom is 0.527 e. The van der Waals surface area contributed by atoms with Gasteiger partial charge in [0.2, 0.25) is 0 Å². The molecule has 0 aliphatic heterocycles. The van der Waals surface area contributed by atoms with Crippen molar-refractivity contribution >= 4 is 45.1 Å². The Hall–Kier alpha value is -5.01. The molecule has 1 atom stereocenters. The third-order valence-electron chi connectivity index (χ3n) is 6.47. The van der Waals surface area contributed by atoms with Crippen molar-refractivity contribution in [1.82, 2.24) is 15.0 Å². The lowest BCUT2D eigenvalue weighted by atomic mass is 10.1. The summed E-state index contributed by atoms with van der Waals surface area (Å²) in [4.78, 5) is 25.7. The largest absolute Gasteiger partial charge is 0.527 e. The van der Waals surface area contributed by atoms with Gasteiger partial charge in [0.05, 0.1) is 24.9 Å². The average molecular weight is 620 g/mol. The molecule has 0 fully saturated rings. The molecular weight excluding hydrogens is 589 g/mol. The second-order valence-corrected chi connectivity index (χ2v) is 11.3. The highest BCUT2D eigenvalue weighted by atomic mass is 32.2. The summed E-state index contributed by atoms with van der Waals surface area (Å²) < 4.78 is 41.5. The Morgan fingerprint density at radius 2 is 1.95 bits per heavy atom. The van der Waals surface area contributed by atoms with Crippen LogP contribution in [0, 0.1) is 5.82 Å². The molecule has 0 spiro atoms. The highest BCUT2D eigenvalue weighted by Crippen LogP contribution is 2.32. The van der Waals surface area contributed by atoms with E-state index in [0.29, 0.717) is 51.3 Å². The molecule has 0 aliphatic rings. The number of nitrogen functional groups attached to an aromatic ring is 1. The van der Waals surface area contributed by atoms with Crippen molar-refractivity contribution in [2.75, 3.05) is 36.7 Å². The maximum atomic E-state index is 13.5. The fraction of sp³-hybridized carbons (Fsp3) is 0.194. The third kappa shape index (κ3) is 7.88. The molecule has 5 rings (SSSR count). The number of rotatable bonds is 12. The van der Waals surface area contributed by atoms with Crippen LogP contribution in [0.3, 0.4) is 0 Å². The molecule has 3 N–H and O–H groups in total. The zero-order chi connectivity index (χ0) is 31.1. The van der Waals surface area contributed by atoms with Crippen molar-refractivity contribution in [3.63, 3.8) is 0 Å². The fourth-order valence-electron chi connectivity index (χ4n) is 4.31. The Labute approximate surface area is 255 Å². The smallest absolute Gasteiger partial charge is 0.487 e. The topological polar surface area (TPSA) is 142 Å². The summed E-state index contributed by atoms with van der Waals surface area (Å²) >= 11 is 0. The van der Waals surface area contributed by atoms with Crippen LogP contribution in [0.2, 0.25) is 0 Å². The van der Waals surface area contributed by atoms with Crippen LogP contribution in [0.25, 0.3) is 22.2 Å². The van der Waals surface area contributed by atoms with Crippen molar-refractivity contribution in [1.29, 1.82) is 0 Å². The van der Waals surface area contributed by atoms with Crippen LogP contribution in [0.5, 0.6) is 5.75 Å². The van der Waals surface area contributed by atoms with Gasteiger partial charge in [0.1, 0.15) is 41.8 Å². The third-order valence-corrected chi connectivity index (χ3v) is 7.23. The molecule has 0 bridgehead atoms. The Morgan fingerprint density at radius 1 is 1.09 bits per heavy atom. The minimum Gasteiger partial charge on any atom is -0.487 e. The van der Waals surface area contributed by atoms with Crippen molar-refractivity contribution in [2.24, 2.45) is 0 Å². The number of fused-ring (bicyclic) bond motifs is 1. The van der Waals surface area contributed by atoms with Gasteiger partial charge in [-0.3, -0.25) is 4.21 Å². The summed E-state index contributed by atoms with van der Waals surface area (Å²) in [5.41, 5.74) is 9.52. The first-order chi connectivity index (χ1) is 21.3. The standard InChI is InChI=1S/C31H30FN5O6S/c1-40-31(38)43-37(12-13-44(2)39)17-24-8-11-28(42-24)21-6-9-27-25(15-21)30(35-19-34-27)36-23-7-10-29(26(33)16-23)41-18-20-4-3-5-22(32)14-20/h3-11,14-16,19H,12-13,17-18,33H2,1-2H3,(H,34,35,36). The van der Waals surface area contributed by atoms with Gasteiger partial charge in [-0.15, -0.1) is 5.06 Å². The van der Waals surface area contributed by atoms with Crippen LogP contribution < -0.4 is 15.8 Å². The summed E-state index contributed by atoms with van der Waals surface area (Å²) in [5.74, 6) is 2.12. The van der Waals surface area contributed by atoms with Crippen LogP contribution in [-0.4, -0.2) is 51.1 Å². The van der Waals surface area contributed by atoms with Crippen LogP contribution in [0.15, 0.2) is 83.5 Å². The lowest BCUT2D eigenvalue weighted by molar-refractivity contribution is -0.129. The summed E-state index contributed by atoms with van der Waals surface area (Å²) in [7, 11) is 0.139. The zero-order valence-electron chi connectivity index (χ0n) is 24.0. The van der Waals surface area contributed by atoms with Crippen LogP contribution in [0.1, 0.15) is 11.3 Å². The number of nitrogens with two attached hydrogens (primary N) is 1. The van der Waals surface area contributed by atoms with E-state index in [0.717, 1.165) is 10.9 Å². The maximum absolute atomic E-state index is 13.5. The van der Waals surface area contributed by atoms with Crippen molar-refractivity contribution < 1.29 is 32.1 Å². The molecule has 2 aromatic heterocycles. The number of nitrogens with zero attached hydrogens (tertiary/aromatic N) is 3. The van der Waals surface area contributed by atoms with Crippen LogP contribution in [-0.2, 0) is 33.5 Å². The number of hydrogen-bond acceptors (Lipinski definition) is 11. The van der Waals surface area contributed by atoms with Crippen molar-refractivity contribution in [3.8, 4) is 17.1 Å². The second-order valence-electron chi connectivity index (χ2n) is 9.70. The molecule has 2 heterocycles. The number of ether oxygens (including phenoxy) is 2. The molecule has 0 radical (unpaired) electrons.